The topological polar surface area (TPSA) is 64.7 Å². The monoisotopic (exact) mass is 416 g/mol. The van der Waals surface area contributed by atoms with E-state index in [-0.39, 0.29) is 5.91 Å². The maximum Gasteiger partial charge on any atom is 0.277 e. The average Bonchev–Trinajstić information content (AvgIpc) is 3.14. The summed E-state index contributed by atoms with van der Waals surface area (Å²) in [6.45, 7) is 5.34. The Morgan fingerprint density at radius 2 is 2.03 bits per heavy atom. The second-order valence-electron chi connectivity index (χ2n) is 7.89. The summed E-state index contributed by atoms with van der Waals surface area (Å²) >= 11 is 1.73. The molecular formula is C21H30N5O2S+. The van der Waals surface area contributed by atoms with Gasteiger partial charge in [-0.3, -0.25) is 4.79 Å². The Balaban J connectivity index is 1.34. The quantitative estimate of drug-likeness (QED) is 0.704. The first kappa shape index (κ1) is 20.4. The van der Waals surface area contributed by atoms with Crippen molar-refractivity contribution in [3.05, 3.63) is 41.7 Å². The predicted molar refractivity (Wildman–Crippen MR) is 112 cm³/mol. The van der Waals surface area contributed by atoms with Crippen LogP contribution in [0, 0.1) is 0 Å². The Labute approximate surface area is 176 Å². The van der Waals surface area contributed by atoms with Gasteiger partial charge in [0, 0.05) is 25.9 Å². The molecule has 2 aliphatic heterocycles. The molecule has 29 heavy (non-hydrogen) atoms. The van der Waals surface area contributed by atoms with E-state index in [4.69, 9.17) is 4.74 Å². The molecule has 2 atom stereocenters. The third-order valence-electron chi connectivity index (χ3n) is 5.83. The summed E-state index contributed by atoms with van der Waals surface area (Å²) in [6, 6.07) is 10.4. The van der Waals surface area contributed by atoms with Crippen LogP contribution in [0.4, 0.5) is 0 Å². The second-order valence-corrected chi connectivity index (χ2v) is 8.83. The predicted octanol–water partition coefficient (Wildman–Crippen LogP) is 0.729. The van der Waals surface area contributed by atoms with Gasteiger partial charge in [-0.15, -0.1) is 10.2 Å². The van der Waals surface area contributed by atoms with E-state index in [1.807, 2.05) is 11.0 Å². The van der Waals surface area contributed by atoms with E-state index in [0.29, 0.717) is 25.7 Å². The number of ether oxygens (including phenoxy) is 1. The van der Waals surface area contributed by atoms with Crippen molar-refractivity contribution in [2.45, 2.75) is 29.7 Å². The first-order chi connectivity index (χ1) is 14.2. The highest BCUT2D eigenvalue weighted by molar-refractivity contribution is 7.98. The van der Waals surface area contributed by atoms with Crippen LogP contribution in [-0.2, 0) is 22.3 Å². The third-order valence-corrected chi connectivity index (χ3v) is 6.92. The van der Waals surface area contributed by atoms with Gasteiger partial charge in [0.2, 0.25) is 0 Å². The molecule has 2 aromatic rings. The van der Waals surface area contributed by atoms with Gasteiger partial charge in [-0.1, -0.05) is 42.1 Å². The number of rotatable bonds is 6. The summed E-state index contributed by atoms with van der Waals surface area (Å²) in [5.74, 6) is 2.56. The zero-order valence-corrected chi connectivity index (χ0v) is 17.9. The number of hydrogen-bond acceptors (Lipinski definition) is 5. The van der Waals surface area contributed by atoms with Crippen molar-refractivity contribution in [2.75, 3.05) is 45.9 Å². The molecule has 4 rings (SSSR count). The number of nitrogens with one attached hydrogen (secondary N) is 1. The number of morpholine rings is 1. The van der Waals surface area contributed by atoms with E-state index in [9.17, 15) is 4.79 Å². The highest BCUT2D eigenvalue weighted by Gasteiger charge is 2.31. The van der Waals surface area contributed by atoms with Crippen LogP contribution in [0.5, 0.6) is 0 Å². The molecule has 1 unspecified atom stereocenters. The Bertz CT molecular complexity index is 807. The minimum Gasteiger partial charge on any atom is -0.378 e. The van der Waals surface area contributed by atoms with E-state index in [1.54, 1.807) is 11.8 Å². The summed E-state index contributed by atoms with van der Waals surface area (Å²) in [5.41, 5.74) is 1.29. The molecule has 156 valence electrons. The van der Waals surface area contributed by atoms with E-state index in [2.05, 4.69) is 46.1 Å². The van der Waals surface area contributed by atoms with Crippen molar-refractivity contribution in [1.82, 2.24) is 19.7 Å². The number of likely N-dealkylation sites (tertiary alicyclic amines) is 1. The summed E-state index contributed by atoms with van der Waals surface area (Å²) in [7, 11) is 2.07. The summed E-state index contributed by atoms with van der Waals surface area (Å²) in [5, 5.41) is 9.92. The fraction of sp³-hybridized carbons (Fsp3) is 0.571. The Kier molecular flexibility index (Phi) is 6.84. The minimum absolute atomic E-state index is 0.251. The van der Waals surface area contributed by atoms with Gasteiger partial charge in [0.25, 0.3) is 5.91 Å². The lowest BCUT2D eigenvalue weighted by Gasteiger charge is -2.32. The maximum atomic E-state index is 12.6. The van der Waals surface area contributed by atoms with Crippen LogP contribution in [0.2, 0.25) is 0 Å². The smallest absolute Gasteiger partial charge is 0.277 e. The molecule has 3 heterocycles. The molecule has 8 heteroatoms. The number of carbonyl (C=O) groups is 1. The van der Waals surface area contributed by atoms with Crippen molar-refractivity contribution in [1.29, 1.82) is 0 Å². The van der Waals surface area contributed by atoms with Crippen LogP contribution in [0.1, 0.15) is 30.1 Å². The molecule has 0 bridgehead atoms. The molecule has 1 aromatic heterocycles. The Hall–Kier alpha value is -1.90. The average molecular weight is 417 g/mol. The Morgan fingerprint density at radius 1 is 1.24 bits per heavy atom. The van der Waals surface area contributed by atoms with Crippen LogP contribution in [0.25, 0.3) is 0 Å². The number of piperidine rings is 1. The number of nitrogens with zero attached hydrogens (tertiary/aromatic N) is 4. The van der Waals surface area contributed by atoms with Gasteiger partial charge in [-0.2, -0.15) is 0 Å². The molecule has 2 fully saturated rings. The van der Waals surface area contributed by atoms with Gasteiger partial charge >= 0.3 is 0 Å². The summed E-state index contributed by atoms with van der Waals surface area (Å²) < 4.78 is 7.50. The number of carbonyl (C=O) groups excluding carboxylic acids is 1. The summed E-state index contributed by atoms with van der Waals surface area (Å²) in [6.07, 6.45) is 2.24. The van der Waals surface area contributed by atoms with Gasteiger partial charge in [-0.25, -0.2) is 0 Å². The largest absolute Gasteiger partial charge is 0.378 e. The number of benzene rings is 1. The van der Waals surface area contributed by atoms with Crippen LogP contribution >= 0.6 is 11.8 Å². The minimum atomic E-state index is 0.251. The second kappa shape index (κ2) is 9.73. The first-order valence-corrected chi connectivity index (χ1v) is 11.4. The third kappa shape index (κ3) is 5.18. The van der Waals surface area contributed by atoms with Crippen LogP contribution in [0.3, 0.4) is 0 Å². The fourth-order valence-corrected chi connectivity index (χ4v) is 5.07. The molecule has 1 aromatic carbocycles. The van der Waals surface area contributed by atoms with Crippen LogP contribution < -0.4 is 4.90 Å². The number of thioether (sulfide) groups is 1. The molecule has 7 nitrogen and oxygen atoms in total. The van der Waals surface area contributed by atoms with Gasteiger partial charge in [-0.05, 0) is 18.4 Å². The van der Waals surface area contributed by atoms with Crippen molar-refractivity contribution in [2.24, 2.45) is 7.05 Å². The van der Waals surface area contributed by atoms with Gasteiger partial charge in [0.15, 0.2) is 11.7 Å². The van der Waals surface area contributed by atoms with E-state index in [0.717, 1.165) is 55.8 Å². The maximum absolute atomic E-state index is 12.6. The standard InChI is InChI=1S/C21H29N5O2S/c1-24-20(22-23-21(24)29-16-17-6-3-2-4-7-17)18-8-5-9-25(14-18)15-19(27)26-10-12-28-13-11-26/h2-4,6-7,18H,5,8-16H2,1H3/p+1/t18-/m1/s1. The summed E-state index contributed by atoms with van der Waals surface area (Å²) in [4.78, 5) is 15.9. The fourth-order valence-electron chi connectivity index (χ4n) is 4.20. The molecule has 2 aliphatic rings. The van der Waals surface area contributed by atoms with Crippen molar-refractivity contribution in [3.63, 3.8) is 0 Å². The zero-order chi connectivity index (χ0) is 20.1. The normalized spacial score (nSPS) is 22.6. The van der Waals surface area contributed by atoms with Gasteiger partial charge in [0.05, 0.1) is 32.2 Å². The highest BCUT2D eigenvalue weighted by Crippen LogP contribution is 2.25. The van der Waals surface area contributed by atoms with Crippen LogP contribution in [-0.4, -0.2) is 71.5 Å². The van der Waals surface area contributed by atoms with Gasteiger partial charge in [0.1, 0.15) is 5.82 Å². The lowest BCUT2D eigenvalue weighted by atomic mass is 9.97. The molecule has 2 saturated heterocycles. The molecule has 1 N–H and O–H groups in total. The van der Waals surface area contributed by atoms with Crippen molar-refractivity contribution in [3.8, 4) is 0 Å². The highest BCUT2D eigenvalue weighted by atomic mass is 32.2. The zero-order valence-electron chi connectivity index (χ0n) is 17.0. The molecule has 1 amide bonds. The number of hydrogen-bond donors (Lipinski definition) is 1. The van der Waals surface area contributed by atoms with Crippen molar-refractivity contribution < 1.29 is 14.4 Å². The van der Waals surface area contributed by atoms with E-state index in [1.165, 1.54) is 10.5 Å². The SMILES string of the molecule is Cn1c(SCc2ccccc2)nnc1[C@@H]1CCC[NH+](CC(=O)N2CCOCC2)C1. The molecule has 0 spiro atoms. The van der Waals surface area contributed by atoms with Crippen molar-refractivity contribution >= 4 is 17.7 Å². The molecule has 0 aliphatic carbocycles. The van der Waals surface area contributed by atoms with Gasteiger partial charge < -0.3 is 19.1 Å². The lowest BCUT2D eigenvalue weighted by Crippen LogP contribution is -3.14. The van der Waals surface area contributed by atoms with E-state index < -0.39 is 0 Å². The molecule has 0 radical (unpaired) electrons. The molecule has 0 saturated carbocycles. The van der Waals surface area contributed by atoms with Crippen LogP contribution in [0.15, 0.2) is 35.5 Å². The first-order valence-electron chi connectivity index (χ1n) is 10.5. The van der Waals surface area contributed by atoms with E-state index >= 15 is 0 Å². The number of quaternary nitrogens is 1. The number of amides is 1. The number of aromatic nitrogens is 3. The Morgan fingerprint density at radius 3 is 2.83 bits per heavy atom. The molecular weight excluding hydrogens is 386 g/mol. The lowest BCUT2D eigenvalue weighted by molar-refractivity contribution is -0.898.